The molecule has 0 saturated carbocycles. The summed E-state index contributed by atoms with van der Waals surface area (Å²) in [5, 5.41) is 0. The molecule has 1 aliphatic heterocycles. The lowest BCUT2D eigenvalue weighted by atomic mass is 10.00. The number of piperidine rings is 1. The summed E-state index contributed by atoms with van der Waals surface area (Å²) in [6, 6.07) is 5.14. The Kier molecular flexibility index (Phi) is 6.11. The van der Waals surface area contributed by atoms with Gasteiger partial charge >= 0.3 is 5.97 Å². The highest BCUT2D eigenvalue weighted by Gasteiger charge is 2.26. The summed E-state index contributed by atoms with van der Waals surface area (Å²) >= 11 is 0. The van der Waals surface area contributed by atoms with Crippen molar-refractivity contribution < 1.29 is 14.3 Å². The second-order valence-electron chi connectivity index (χ2n) is 7.17. The lowest BCUT2D eigenvalue weighted by molar-refractivity contribution is -0.138. The normalized spacial score (nSPS) is 17.0. The van der Waals surface area contributed by atoms with Crippen LogP contribution < -0.4 is 5.56 Å². The predicted octanol–water partition coefficient (Wildman–Crippen LogP) is 2.67. The van der Waals surface area contributed by atoms with E-state index in [0.29, 0.717) is 28.8 Å². The van der Waals surface area contributed by atoms with Crippen molar-refractivity contribution in [3.8, 4) is 0 Å². The zero-order chi connectivity index (χ0) is 20.3. The summed E-state index contributed by atoms with van der Waals surface area (Å²) in [5.74, 6) is -0.705. The van der Waals surface area contributed by atoms with Crippen LogP contribution in [0.4, 0.5) is 0 Å². The fourth-order valence-electron chi connectivity index (χ4n) is 3.86. The van der Waals surface area contributed by atoms with Crippen molar-refractivity contribution in [2.75, 3.05) is 13.2 Å². The summed E-state index contributed by atoms with van der Waals surface area (Å²) in [4.78, 5) is 43.2. The predicted molar refractivity (Wildman–Crippen MR) is 106 cm³/mol. The van der Waals surface area contributed by atoms with Crippen molar-refractivity contribution in [3.63, 3.8) is 0 Å². The zero-order valence-corrected chi connectivity index (χ0v) is 16.7. The Hall–Kier alpha value is -2.70. The van der Waals surface area contributed by atoms with E-state index in [0.717, 1.165) is 32.2 Å². The molecule has 1 aromatic heterocycles. The third kappa shape index (κ3) is 3.93. The molecule has 2 aromatic rings. The molecule has 7 heteroatoms. The van der Waals surface area contributed by atoms with Crippen molar-refractivity contribution in [1.29, 1.82) is 0 Å². The van der Waals surface area contributed by atoms with E-state index in [-0.39, 0.29) is 24.1 Å². The first-order chi connectivity index (χ1) is 13.5. The minimum atomic E-state index is -0.561. The number of nitrogens with zero attached hydrogens (tertiary/aromatic N) is 3. The summed E-state index contributed by atoms with van der Waals surface area (Å²) in [5.41, 5.74) is 1.79. The molecule has 2 heterocycles. The number of amides is 1. The molecule has 0 spiro atoms. The molecule has 1 amide bonds. The maximum absolute atomic E-state index is 12.5. The topological polar surface area (TPSA) is 81.5 Å². The molecule has 1 atom stereocenters. The first-order valence-corrected chi connectivity index (χ1v) is 9.94. The number of carbonyl (C=O) groups is 2. The van der Waals surface area contributed by atoms with Gasteiger partial charge in [0.15, 0.2) is 6.61 Å². The van der Waals surface area contributed by atoms with Gasteiger partial charge in [0, 0.05) is 19.1 Å². The molecular formula is C21H27N3O4. The number of hydrogen-bond donors (Lipinski definition) is 0. The number of likely N-dealkylation sites (tertiary alicyclic amines) is 1. The van der Waals surface area contributed by atoms with Crippen molar-refractivity contribution >= 4 is 22.9 Å². The Balaban J connectivity index is 1.74. The SMILES string of the molecule is CC[C@@H]1CCCCN1C(=O)COC(=O)c1ccc2c(c1)nc(C)c(=O)n2CC. The second kappa shape index (κ2) is 8.54. The maximum Gasteiger partial charge on any atom is 0.338 e. The van der Waals surface area contributed by atoms with E-state index in [4.69, 9.17) is 4.74 Å². The number of carbonyl (C=O) groups excluding carboxylic acids is 2. The number of esters is 1. The highest BCUT2D eigenvalue weighted by Crippen LogP contribution is 2.20. The minimum absolute atomic E-state index is 0.136. The average molecular weight is 385 g/mol. The van der Waals surface area contributed by atoms with E-state index >= 15 is 0 Å². The molecule has 0 unspecified atom stereocenters. The summed E-state index contributed by atoms with van der Waals surface area (Å²) in [6.07, 6.45) is 4.04. The van der Waals surface area contributed by atoms with Crippen LogP contribution in [0.5, 0.6) is 0 Å². The molecule has 1 aromatic carbocycles. The number of rotatable bonds is 5. The number of benzene rings is 1. The summed E-state index contributed by atoms with van der Waals surface area (Å²) in [6.45, 7) is 6.60. The van der Waals surface area contributed by atoms with Crippen LogP contribution in [0.25, 0.3) is 11.0 Å². The Morgan fingerprint density at radius 2 is 2.04 bits per heavy atom. The van der Waals surface area contributed by atoms with Crippen molar-refractivity contribution in [2.45, 2.75) is 59.0 Å². The number of ether oxygens (including phenoxy) is 1. The second-order valence-corrected chi connectivity index (χ2v) is 7.17. The molecule has 150 valence electrons. The van der Waals surface area contributed by atoms with Gasteiger partial charge in [-0.25, -0.2) is 9.78 Å². The van der Waals surface area contributed by atoms with Crippen molar-refractivity contribution in [1.82, 2.24) is 14.5 Å². The molecule has 0 N–H and O–H groups in total. The summed E-state index contributed by atoms with van der Waals surface area (Å²) in [7, 11) is 0. The minimum Gasteiger partial charge on any atom is -0.452 e. The Morgan fingerprint density at radius 3 is 2.75 bits per heavy atom. The van der Waals surface area contributed by atoms with Crippen LogP contribution in [-0.4, -0.2) is 45.5 Å². The van der Waals surface area contributed by atoms with Gasteiger partial charge in [-0.2, -0.15) is 0 Å². The molecule has 3 rings (SSSR count). The molecular weight excluding hydrogens is 358 g/mol. The van der Waals surface area contributed by atoms with Gasteiger partial charge in [0.1, 0.15) is 5.69 Å². The Morgan fingerprint density at radius 1 is 1.25 bits per heavy atom. The molecule has 1 fully saturated rings. The average Bonchev–Trinajstić information content (AvgIpc) is 2.72. The maximum atomic E-state index is 12.5. The molecule has 1 aliphatic rings. The van der Waals surface area contributed by atoms with Crippen molar-refractivity contribution in [2.24, 2.45) is 0 Å². The first kappa shape index (κ1) is 20.0. The molecule has 7 nitrogen and oxygen atoms in total. The van der Waals surface area contributed by atoms with Crippen LogP contribution in [0, 0.1) is 6.92 Å². The van der Waals surface area contributed by atoms with Crippen LogP contribution in [0.15, 0.2) is 23.0 Å². The number of hydrogen-bond acceptors (Lipinski definition) is 5. The lowest BCUT2D eigenvalue weighted by Gasteiger charge is -2.35. The van der Waals surface area contributed by atoms with Crippen LogP contribution in [0.2, 0.25) is 0 Å². The fourth-order valence-corrected chi connectivity index (χ4v) is 3.86. The van der Waals surface area contributed by atoms with E-state index < -0.39 is 5.97 Å². The van der Waals surface area contributed by atoms with Crippen molar-refractivity contribution in [3.05, 3.63) is 39.8 Å². The van der Waals surface area contributed by atoms with Gasteiger partial charge in [0.25, 0.3) is 11.5 Å². The largest absolute Gasteiger partial charge is 0.452 e. The van der Waals surface area contributed by atoms with Crippen LogP contribution >= 0.6 is 0 Å². The lowest BCUT2D eigenvalue weighted by Crippen LogP contribution is -2.45. The van der Waals surface area contributed by atoms with E-state index in [1.165, 1.54) is 0 Å². The smallest absolute Gasteiger partial charge is 0.338 e. The fraction of sp³-hybridized carbons (Fsp3) is 0.524. The summed E-state index contributed by atoms with van der Waals surface area (Å²) < 4.78 is 6.89. The Labute approximate surface area is 164 Å². The Bertz CT molecular complexity index is 951. The van der Waals surface area contributed by atoms with Gasteiger partial charge in [-0.05, 0) is 57.7 Å². The van der Waals surface area contributed by atoms with E-state index in [1.807, 2.05) is 11.8 Å². The first-order valence-electron chi connectivity index (χ1n) is 9.94. The van der Waals surface area contributed by atoms with Gasteiger partial charge in [0.05, 0.1) is 16.6 Å². The van der Waals surface area contributed by atoms with Crippen LogP contribution in [0.1, 0.15) is 55.6 Å². The van der Waals surface area contributed by atoms with Gasteiger partial charge < -0.3 is 14.2 Å². The highest BCUT2D eigenvalue weighted by atomic mass is 16.5. The molecule has 0 aliphatic carbocycles. The van der Waals surface area contributed by atoms with E-state index in [1.54, 1.807) is 29.7 Å². The third-order valence-electron chi connectivity index (χ3n) is 5.41. The number of aryl methyl sites for hydroxylation is 2. The molecule has 0 radical (unpaired) electrons. The van der Waals surface area contributed by atoms with Gasteiger partial charge in [-0.1, -0.05) is 6.92 Å². The number of aromatic nitrogens is 2. The van der Waals surface area contributed by atoms with Gasteiger partial charge in [-0.15, -0.1) is 0 Å². The zero-order valence-electron chi connectivity index (χ0n) is 16.7. The quantitative estimate of drug-likeness (QED) is 0.739. The molecule has 28 heavy (non-hydrogen) atoms. The van der Waals surface area contributed by atoms with E-state index in [9.17, 15) is 14.4 Å². The monoisotopic (exact) mass is 385 g/mol. The highest BCUT2D eigenvalue weighted by molar-refractivity contribution is 5.94. The molecule has 1 saturated heterocycles. The van der Waals surface area contributed by atoms with Crippen LogP contribution in [0.3, 0.4) is 0 Å². The standard InChI is InChI=1S/C21H27N3O4/c1-4-16-8-6-7-11-24(16)19(25)13-28-21(27)15-9-10-18-17(12-15)22-14(3)20(26)23(18)5-2/h9-10,12,16H,4-8,11,13H2,1-3H3/t16-/m1/s1. The van der Waals surface area contributed by atoms with Gasteiger partial charge in [-0.3, -0.25) is 9.59 Å². The molecule has 0 bridgehead atoms. The van der Waals surface area contributed by atoms with Gasteiger partial charge in [0.2, 0.25) is 0 Å². The number of fused-ring (bicyclic) bond motifs is 1. The van der Waals surface area contributed by atoms with Crippen LogP contribution in [-0.2, 0) is 16.1 Å². The van der Waals surface area contributed by atoms with E-state index in [2.05, 4.69) is 11.9 Å². The third-order valence-corrected chi connectivity index (χ3v) is 5.41.